The highest BCUT2D eigenvalue weighted by Crippen LogP contribution is 2.31. The Hall–Kier alpha value is -1.71. The fraction of sp³-hybridized carbons (Fsp3) is 0.562. The first-order chi connectivity index (χ1) is 9.61. The number of hydrogen-bond acceptors (Lipinski definition) is 3. The minimum atomic E-state index is -0.0888. The number of nitrogens with two attached hydrogens (primary N) is 1. The van der Waals surface area contributed by atoms with Crippen LogP contribution in [0.2, 0.25) is 0 Å². The van der Waals surface area contributed by atoms with Gasteiger partial charge in [-0.15, -0.1) is 0 Å². The largest absolute Gasteiger partial charge is 0.488 e. The monoisotopic (exact) mass is 276 g/mol. The number of benzene rings is 1. The molecule has 0 aromatic heterocycles. The van der Waals surface area contributed by atoms with Crippen molar-refractivity contribution in [1.82, 2.24) is 5.32 Å². The van der Waals surface area contributed by atoms with E-state index in [4.69, 9.17) is 10.5 Å². The van der Waals surface area contributed by atoms with Gasteiger partial charge in [-0.25, -0.2) is 0 Å². The van der Waals surface area contributed by atoms with Gasteiger partial charge < -0.3 is 15.8 Å². The average molecular weight is 276 g/mol. The number of nitrogen functional groups attached to an aromatic ring is 1. The normalized spacial score (nSPS) is 22.3. The SMILES string of the molecule is CCNC(=O)c1ccc(N)c(OC2CCCCC2C)c1. The second-order valence-corrected chi connectivity index (χ2v) is 5.53. The summed E-state index contributed by atoms with van der Waals surface area (Å²) in [5, 5.41) is 2.79. The maximum absolute atomic E-state index is 11.9. The highest BCUT2D eigenvalue weighted by molar-refractivity contribution is 5.95. The van der Waals surface area contributed by atoms with Crippen LogP contribution in [0.3, 0.4) is 0 Å². The molecule has 4 nitrogen and oxygen atoms in total. The Bertz CT molecular complexity index is 474. The molecule has 3 N–H and O–H groups in total. The molecule has 1 saturated carbocycles. The van der Waals surface area contributed by atoms with Crippen LogP contribution in [0.1, 0.15) is 49.9 Å². The van der Waals surface area contributed by atoms with E-state index in [9.17, 15) is 4.79 Å². The summed E-state index contributed by atoms with van der Waals surface area (Å²) in [4.78, 5) is 11.9. The number of nitrogens with one attached hydrogen (secondary N) is 1. The Morgan fingerprint density at radius 2 is 2.15 bits per heavy atom. The number of anilines is 1. The van der Waals surface area contributed by atoms with Gasteiger partial charge in [0.15, 0.2) is 0 Å². The third-order valence-electron chi connectivity index (χ3n) is 3.92. The number of hydrogen-bond donors (Lipinski definition) is 2. The highest BCUT2D eigenvalue weighted by atomic mass is 16.5. The van der Waals surface area contributed by atoms with E-state index in [1.807, 2.05) is 6.92 Å². The molecule has 2 unspecified atom stereocenters. The summed E-state index contributed by atoms with van der Waals surface area (Å²) in [6.45, 7) is 4.73. The maximum Gasteiger partial charge on any atom is 0.251 e. The van der Waals surface area contributed by atoms with Crippen molar-refractivity contribution in [2.24, 2.45) is 5.92 Å². The molecule has 110 valence electrons. The zero-order valence-corrected chi connectivity index (χ0v) is 12.3. The van der Waals surface area contributed by atoms with Crippen LogP contribution < -0.4 is 15.8 Å². The van der Waals surface area contributed by atoms with Gasteiger partial charge >= 0.3 is 0 Å². The molecule has 1 aromatic rings. The van der Waals surface area contributed by atoms with Gasteiger partial charge in [0.2, 0.25) is 0 Å². The van der Waals surface area contributed by atoms with Gasteiger partial charge in [0.1, 0.15) is 11.9 Å². The van der Waals surface area contributed by atoms with E-state index in [-0.39, 0.29) is 12.0 Å². The number of amides is 1. The van der Waals surface area contributed by atoms with Gasteiger partial charge in [0, 0.05) is 12.1 Å². The van der Waals surface area contributed by atoms with Gasteiger partial charge in [0.05, 0.1) is 5.69 Å². The fourth-order valence-electron chi connectivity index (χ4n) is 2.66. The maximum atomic E-state index is 11.9. The smallest absolute Gasteiger partial charge is 0.251 e. The topological polar surface area (TPSA) is 64.4 Å². The molecule has 20 heavy (non-hydrogen) atoms. The third kappa shape index (κ3) is 3.44. The summed E-state index contributed by atoms with van der Waals surface area (Å²) in [7, 11) is 0. The summed E-state index contributed by atoms with van der Waals surface area (Å²) < 4.78 is 6.06. The molecular formula is C16H24N2O2. The molecular weight excluding hydrogens is 252 g/mol. The molecule has 1 aliphatic carbocycles. The van der Waals surface area contributed by atoms with E-state index >= 15 is 0 Å². The zero-order chi connectivity index (χ0) is 14.5. The molecule has 2 rings (SSSR count). The second kappa shape index (κ2) is 6.64. The highest BCUT2D eigenvalue weighted by Gasteiger charge is 2.23. The first kappa shape index (κ1) is 14.7. The van der Waals surface area contributed by atoms with E-state index in [0.29, 0.717) is 29.5 Å². The molecule has 0 spiro atoms. The molecule has 0 bridgehead atoms. The molecule has 1 aliphatic rings. The third-order valence-corrected chi connectivity index (χ3v) is 3.92. The van der Waals surface area contributed by atoms with Crippen molar-refractivity contribution >= 4 is 11.6 Å². The molecule has 0 radical (unpaired) electrons. The van der Waals surface area contributed by atoms with Gasteiger partial charge in [-0.05, 0) is 50.3 Å². The Balaban J connectivity index is 2.13. The van der Waals surface area contributed by atoms with E-state index in [2.05, 4.69) is 12.2 Å². The van der Waals surface area contributed by atoms with Gasteiger partial charge in [-0.3, -0.25) is 4.79 Å². The zero-order valence-electron chi connectivity index (χ0n) is 12.3. The minimum absolute atomic E-state index is 0.0888. The van der Waals surface area contributed by atoms with Gasteiger partial charge in [0.25, 0.3) is 5.91 Å². The summed E-state index contributed by atoms with van der Waals surface area (Å²) in [6, 6.07) is 5.23. The van der Waals surface area contributed by atoms with Crippen molar-refractivity contribution in [2.45, 2.75) is 45.6 Å². The van der Waals surface area contributed by atoms with Crippen LogP contribution in [0, 0.1) is 5.92 Å². The molecule has 0 saturated heterocycles. The quantitative estimate of drug-likeness (QED) is 0.831. The van der Waals surface area contributed by atoms with E-state index < -0.39 is 0 Å². The first-order valence-electron chi connectivity index (χ1n) is 7.46. The van der Waals surface area contributed by atoms with Crippen molar-refractivity contribution in [2.75, 3.05) is 12.3 Å². The van der Waals surface area contributed by atoms with Crippen LogP contribution in [-0.4, -0.2) is 18.6 Å². The number of carbonyl (C=O) groups is 1. The molecule has 1 aromatic carbocycles. The van der Waals surface area contributed by atoms with Crippen molar-refractivity contribution < 1.29 is 9.53 Å². The van der Waals surface area contributed by atoms with Crippen molar-refractivity contribution in [3.63, 3.8) is 0 Å². The summed E-state index contributed by atoms with van der Waals surface area (Å²) in [5.74, 6) is 1.08. The van der Waals surface area contributed by atoms with Gasteiger partial charge in [-0.2, -0.15) is 0 Å². The predicted molar refractivity (Wildman–Crippen MR) is 80.9 cm³/mol. The van der Waals surface area contributed by atoms with Crippen LogP contribution in [-0.2, 0) is 0 Å². The summed E-state index contributed by atoms with van der Waals surface area (Å²) in [6.07, 6.45) is 4.93. The first-order valence-corrected chi connectivity index (χ1v) is 7.46. The van der Waals surface area contributed by atoms with Crippen molar-refractivity contribution in [1.29, 1.82) is 0 Å². The Kier molecular flexibility index (Phi) is 4.88. The molecule has 2 atom stereocenters. The van der Waals surface area contributed by atoms with Crippen LogP contribution in [0.15, 0.2) is 18.2 Å². The van der Waals surface area contributed by atoms with Crippen molar-refractivity contribution in [3.05, 3.63) is 23.8 Å². The van der Waals surface area contributed by atoms with Crippen LogP contribution in [0.4, 0.5) is 5.69 Å². The van der Waals surface area contributed by atoms with Crippen LogP contribution in [0.25, 0.3) is 0 Å². The van der Waals surface area contributed by atoms with E-state index in [1.165, 1.54) is 19.3 Å². The molecule has 4 heteroatoms. The number of carbonyl (C=O) groups excluding carboxylic acids is 1. The second-order valence-electron chi connectivity index (χ2n) is 5.53. The molecule has 1 amide bonds. The lowest BCUT2D eigenvalue weighted by Gasteiger charge is -2.29. The summed E-state index contributed by atoms with van der Waals surface area (Å²) >= 11 is 0. The van der Waals surface area contributed by atoms with Crippen LogP contribution in [0.5, 0.6) is 5.75 Å². The molecule has 1 fully saturated rings. The molecule has 0 heterocycles. The Morgan fingerprint density at radius 1 is 1.40 bits per heavy atom. The predicted octanol–water partition coefficient (Wildman–Crippen LogP) is 2.98. The van der Waals surface area contributed by atoms with Crippen molar-refractivity contribution in [3.8, 4) is 5.75 Å². The average Bonchev–Trinajstić information content (AvgIpc) is 2.44. The summed E-state index contributed by atoms with van der Waals surface area (Å²) in [5.41, 5.74) is 7.16. The molecule has 0 aliphatic heterocycles. The van der Waals surface area contributed by atoms with E-state index in [0.717, 1.165) is 6.42 Å². The number of ether oxygens (including phenoxy) is 1. The standard InChI is InChI=1S/C16H24N2O2/c1-3-18-16(19)12-8-9-13(17)15(10-12)20-14-7-5-4-6-11(14)2/h8-11,14H,3-7,17H2,1-2H3,(H,18,19). The fourth-order valence-corrected chi connectivity index (χ4v) is 2.66. The lowest BCUT2D eigenvalue weighted by molar-refractivity contribution is 0.0948. The Labute approximate surface area is 120 Å². The minimum Gasteiger partial charge on any atom is -0.488 e. The lowest BCUT2D eigenvalue weighted by atomic mass is 9.88. The Morgan fingerprint density at radius 3 is 2.85 bits per heavy atom. The lowest BCUT2D eigenvalue weighted by Crippen LogP contribution is -2.29. The number of rotatable bonds is 4. The van der Waals surface area contributed by atoms with Crippen LogP contribution >= 0.6 is 0 Å². The van der Waals surface area contributed by atoms with Gasteiger partial charge in [-0.1, -0.05) is 13.3 Å². The van der Waals surface area contributed by atoms with E-state index in [1.54, 1.807) is 18.2 Å².